The number of rotatable bonds is 1. The van der Waals surface area contributed by atoms with Gasteiger partial charge in [-0.1, -0.05) is 103 Å². The zero-order valence-corrected chi connectivity index (χ0v) is 17.7. The SMILES string of the molecule is C1CCCCCCC1.C1CCCCCCC1.CC(=O)/C=C(\C)O.[Rh]. The van der Waals surface area contributed by atoms with Crippen LogP contribution in [0.2, 0.25) is 0 Å². The second kappa shape index (κ2) is 20.9. The first-order valence-electron chi connectivity index (χ1n) is 10.0. The van der Waals surface area contributed by atoms with Crippen LogP contribution in [0.25, 0.3) is 0 Å². The van der Waals surface area contributed by atoms with Gasteiger partial charge in [0, 0.05) is 25.6 Å². The number of aliphatic hydroxyl groups excluding tert-OH is 1. The summed E-state index contributed by atoms with van der Waals surface area (Å²) in [5.74, 6) is -0.0625. The molecular formula is C21H40O2Rh. The zero-order chi connectivity index (χ0) is 17.2. The van der Waals surface area contributed by atoms with Crippen molar-refractivity contribution in [1.29, 1.82) is 0 Å². The molecule has 0 aliphatic heterocycles. The van der Waals surface area contributed by atoms with Crippen LogP contribution >= 0.6 is 0 Å². The van der Waals surface area contributed by atoms with Crippen LogP contribution in [0, 0.1) is 0 Å². The van der Waals surface area contributed by atoms with Crippen LogP contribution in [0.4, 0.5) is 0 Å². The third kappa shape index (κ3) is 24.1. The number of carbonyl (C=O) groups is 1. The van der Waals surface area contributed by atoms with Crippen LogP contribution in [-0.2, 0) is 24.3 Å². The molecule has 1 N–H and O–H groups in total. The molecule has 145 valence electrons. The van der Waals surface area contributed by atoms with Gasteiger partial charge in [0.05, 0.1) is 5.76 Å². The smallest absolute Gasteiger partial charge is 0.155 e. The topological polar surface area (TPSA) is 37.3 Å². The van der Waals surface area contributed by atoms with Gasteiger partial charge >= 0.3 is 0 Å². The third-order valence-corrected chi connectivity index (χ3v) is 4.41. The molecule has 2 aliphatic rings. The average Bonchev–Trinajstić information content (AvgIpc) is 2.36. The summed E-state index contributed by atoms with van der Waals surface area (Å²) in [5, 5.41) is 8.36. The van der Waals surface area contributed by atoms with E-state index in [1.165, 1.54) is 123 Å². The second-order valence-corrected chi connectivity index (χ2v) is 7.05. The summed E-state index contributed by atoms with van der Waals surface area (Å²) >= 11 is 0. The molecule has 2 fully saturated rings. The van der Waals surface area contributed by atoms with E-state index in [1.807, 2.05) is 0 Å². The Labute approximate surface area is 163 Å². The van der Waals surface area contributed by atoms with Crippen LogP contribution in [0.5, 0.6) is 0 Å². The van der Waals surface area contributed by atoms with Crippen molar-refractivity contribution >= 4 is 5.78 Å². The molecular weight excluding hydrogens is 387 g/mol. The van der Waals surface area contributed by atoms with Gasteiger partial charge in [-0.15, -0.1) is 0 Å². The Morgan fingerprint density at radius 3 is 0.792 bits per heavy atom. The molecule has 0 heterocycles. The Hall–Kier alpha value is -0.167. The van der Waals surface area contributed by atoms with Crippen LogP contribution in [0.1, 0.15) is 117 Å². The zero-order valence-electron chi connectivity index (χ0n) is 16.1. The molecule has 0 aromatic carbocycles. The van der Waals surface area contributed by atoms with Crippen molar-refractivity contribution in [2.75, 3.05) is 0 Å². The molecule has 0 aromatic rings. The van der Waals surface area contributed by atoms with E-state index in [-0.39, 0.29) is 31.0 Å². The van der Waals surface area contributed by atoms with Crippen LogP contribution < -0.4 is 0 Å². The molecule has 0 unspecified atom stereocenters. The maximum Gasteiger partial charge on any atom is 0.155 e. The summed E-state index contributed by atoms with van der Waals surface area (Å²) in [5.41, 5.74) is 0. The number of allylic oxidation sites excluding steroid dienone is 2. The van der Waals surface area contributed by atoms with Gasteiger partial charge in [-0.3, -0.25) is 4.79 Å². The van der Waals surface area contributed by atoms with E-state index in [0.717, 1.165) is 0 Å². The van der Waals surface area contributed by atoms with Crippen LogP contribution in [-0.4, -0.2) is 10.9 Å². The van der Waals surface area contributed by atoms with Gasteiger partial charge in [-0.2, -0.15) is 0 Å². The molecule has 3 heteroatoms. The van der Waals surface area contributed by atoms with Crippen molar-refractivity contribution in [2.24, 2.45) is 0 Å². The fourth-order valence-electron chi connectivity index (χ4n) is 3.12. The minimum Gasteiger partial charge on any atom is -0.512 e. The Kier molecular flexibility index (Phi) is 22.7. The van der Waals surface area contributed by atoms with E-state index in [0.29, 0.717) is 0 Å². The molecule has 2 rings (SSSR count). The molecule has 24 heavy (non-hydrogen) atoms. The van der Waals surface area contributed by atoms with Gasteiger partial charge < -0.3 is 5.11 Å². The summed E-state index contributed by atoms with van der Waals surface area (Å²) in [7, 11) is 0. The van der Waals surface area contributed by atoms with Crippen LogP contribution in [0.3, 0.4) is 0 Å². The molecule has 1 radical (unpaired) electrons. The van der Waals surface area contributed by atoms with Crippen molar-refractivity contribution in [1.82, 2.24) is 0 Å². The second-order valence-electron chi connectivity index (χ2n) is 7.05. The number of ketones is 1. The van der Waals surface area contributed by atoms with Gasteiger partial charge in [0.2, 0.25) is 0 Å². The van der Waals surface area contributed by atoms with Crippen LogP contribution in [0.15, 0.2) is 11.8 Å². The quantitative estimate of drug-likeness (QED) is 0.271. The van der Waals surface area contributed by atoms with E-state index in [2.05, 4.69) is 0 Å². The fraction of sp³-hybridized carbons (Fsp3) is 0.857. The number of hydrogen-bond donors (Lipinski definition) is 1. The molecule has 0 spiro atoms. The van der Waals surface area contributed by atoms with E-state index in [1.54, 1.807) is 0 Å². The molecule has 0 aromatic heterocycles. The van der Waals surface area contributed by atoms with Crippen molar-refractivity contribution < 1.29 is 29.4 Å². The Morgan fingerprint density at radius 2 is 0.750 bits per heavy atom. The predicted molar refractivity (Wildman–Crippen MR) is 101 cm³/mol. The standard InChI is InChI=1S/2C8H16.C5H8O2.Rh/c2*1-2-4-6-8-7-5-3-1;1-4(6)3-5(2)7;/h2*1-8H2;3,6H,1-2H3;/b;;4-3+;. The maximum atomic E-state index is 10.0. The van der Waals surface area contributed by atoms with E-state index in [4.69, 9.17) is 5.11 Å². The van der Waals surface area contributed by atoms with Crippen molar-refractivity contribution in [3.63, 3.8) is 0 Å². The summed E-state index contributed by atoms with van der Waals surface area (Å²) in [6, 6.07) is 0. The average molecular weight is 427 g/mol. The van der Waals surface area contributed by atoms with Gasteiger partial charge in [0.25, 0.3) is 0 Å². The summed E-state index contributed by atoms with van der Waals surface area (Å²) in [4.78, 5) is 10.0. The Balaban J connectivity index is 0. The van der Waals surface area contributed by atoms with Gasteiger partial charge in [-0.25, -0.2) is 0 Å². The van der Waals surface area contributed by atoms with Gasteiger partial charge in [0.15, 0.2) is 5.78 Å². The number of aliphatic hydroxyl groups is 1. The molecule has 2 aliphatic carbocycles. The molecule has 2 nitrogen and oxygen atoms in total. The summed E-state index contributed by atoms with van der Waals surface area (Å²) in [6.07, 6.45) is 25.2. The molecule has 0 amide bonds. The minimum atomic E-state index is -0.125. The fourth-order valence-corrected chi connectivity index (χ4v) is 3.12. The number of hydrogen-bond acceptors (Lipinski definition) is 2. The predicted octanol–water partition coefficient (Wildman–Crippen LogP) is 7.28. The third-order valence-electron chi connectivity index (χ3n) is 4.41. The first-order chi connectivity index (χ1) is 11.1. The normalized spacial score (nSPS) is 19.3. The molecule has 0 bridgehead atoms. The monoisotopic (exact) mass is 427 g/mol. The molecule has 0 atom stereocenters. The van der Waals surface area contributed by atoms with E-state index < -0.39 is 0 Å². The van der Waals surface area contributed by atoms with Gasteiger partial charge in [0.1, 0.15) is 0 Å². The first kappa shape index (κ1) is 26.1. The molecule has 2 saturated carbocycles. The van der Waals surface area contributed by atoms with E-state index in [9.17, 15) is 4.79 Å². The summed E-state index contributed by atoms with van der Waals surface area (Å²) < 4.78 is 0. The minimum absolute atomic E-state index is 0. The van der Waals surface area contributed by atoms with Crippen molar-refractivity contribution in [3.05, 3.63) is 11.8 Å². The van der Waals surface area contributed by atoms with Crippen molar-refractivity contribution in [2.45, 2.75) is 117 Å². The van der Waals surface area contributed by atoms with E-state index >= 15 is 0 Å². The molecule has 0 saturated heterocycles. The first-order valence-corrected chi connectivity index (χ1v) is 10.0. The Morgan fingerprint density at radius 1 is 0.583 bits per heavy atom. The number of carbonyl (C=O) groups excluding carboxylic acids is 1. The van der Waals surface area contributed by atoms with Crippen molar-refractivity contribution in [3.8, 4) is 0 Å². The summed E-state index contributed by atoms with van der Waals surface area (Å²) in [6.45, 7) is 2.85. The maximum absolute atomic E-state index is 10.0. The Bertz CT molecular complexity index is 232. The largest absolute Gasteiger partial charge is 0.512 e. The van der Waals surface area contributed by atoms with Gasteiger partial charge in [-0.05, 0) is 13.8 Å².